The highest BCUT2D eigenvalue weighted by atomic mass is 35.5. The van der Waals surface area contributed by atoms with E-state index in [0.29, 0.717) is 22.3 Å². The van der Waals surface area contributed by atoms with E-state index in [9.17, 15) is 9.59 Å². The Labute approximate surface area is 181 Å². The molecular weight excluding hydrogens is 427 g/mol. The van der Waals surface area contributed by atoms with Gasteiger partial charge in [0.2, 0.25) is 0 Å². The van der Waals surface area contributed by atoms with Crippen LogP contribution in [0.2, 0.25) is 10.0 Å². The van der Waals surface area contributed by atoms with E-state index in [1.54, 1.807) is 41.9 Å². The zero-order valence-corrected chi connectivity index (χ0v) is 18.0. The molecule has 0 N–H and O–H groups in total. The van der Waals surface area contributed by atoms with Crippen LogP contribution < -0.4 is 16.0 Å². The van der Waals surface area contributed by atoms with Crippen molar-refractivity contribution in [3.63, 3.8) is 0 Å². The van der Waals surface area contributed by atoms with Crippen LogP contribution >= 0.6 is 23.2 Å². The molecule has 0 unspecified atom stereocenters. The van der Waals surface area contributed by atoms with E-state index in [1.807, 2.05) is 19.1 Å². The zero-order chi connectivity index (χ0) is 21.6. The first kappa shape index (κ1) is 20.3. The highest BCUT2D eigenvalue weighted by Gasteiger charge is 2.21. The lowest BCUT2D eigenvalue weighted by atomic mass is 10.2. The number of fused-ring (bicyclic) bond motifs is 1. The molecule has 0 atom stereocenters. The van der Waals surface area contributed by atoms with Crippen molar-refractivity contribution < 1.29 is 4.74 Å². The Hall–Kier alpha value is -3.03. The first-order valence-corrected chi connectivity index (χ1v) is 9.86. The second kappa shape index (κ2) is 7.66. The number of benzene rings is 2. The Morgan fingerprint density at radius 3 is 2.37 bits per heavy atom. The highest BCUT2D eigenvalue weighted by molar-refractivity contribution is 6.31. The molecule has 4 rings (SSSR count). The smallest absolute Gasteiger partial charge is 0.332 e. The van der Waals surface area contributed by atoms with E-state index in [4.69, 9.17) is 27.9 Å². The lowest BCUT2D eigenvalue weighted by Gasteiger charge is -2.11. The summed E-state index contributed by atoms with van der Waals surface area (Å²) in [6.07, 6.45) is 0. The molecule has 7 nitrogen and oxygen atoms in total. The van der Waals surface area contributed by atoms with Gasteiger partial charge in [0, 0.05) is 24.1 Å². The number of hydrogen-bond acceptors (Lipinski definition) is 4. The Balaban J connectivity index is 1.93. The van der Waals surface area contributed by atoms with Gasteiger partial charge >= 0.3 is 11.7 Å². The molecule has 0 saturated heterocycles. The molecule has 0 bridgehead atoms. The lowest BCUT2D eigenvalue weighted by molar-refractivity contribution is 0.421. The molecule has 4 aromatic rings. The maximum absolute atomic E-state index is 12.9. The van der Waals surface area contributed by atoms with E-state index < -0.39 is 11.2 Å². The van der Waals surface area contributed by atoms with Gasteiger partial charge in [0.25, 0.3) is 5.56 Å². The predicted octanol–water partition coefficient (Wildman–Crippen LogP) is 3.89. The molecule has 2 heterocycles. The van der Waals surface area contributed by atoms with Crippen LogP contribution in [-0.4, -0.2) is 18.7 Å². The molecule has 0 aliphatic heterocycles. The van der Waals surface area contributed by atoms with E-state index in [0.717, 1.165) is 15.7 Å². The average Bonchev–Trinajstić information content (AvgIpc) is 3.07. The SMILES string of the molecule is Cc1cc(Oc2nc3c(c(=O)n(C)c(=O)n3C)n2Cc2ccc(Cl)cc2)ccc1Cl. The monoisotopic (exact) mass is 444 g/mol. The third-order valence-electron chi connectivity index (χ3n) is 4.91. The predicted molar refractivity (Wildman–Crippen MR) is 117 cm³/mol. The van der Waals surface area contributed by atoms with Gasteiger partial charge in [0.1, 0.15) is 5.75 Å². The molecule has 0 amide bonds. The lowest BCUT2D eigenvalue weighted by Crippen LogP contribution is -2.37. The number of hydrogen-bond donors (Lipinski definition) is 0. The van der Waals surface area contributed by atoms with Crippen LogP contribution in [-0.2, 0) is 20.6 Å². The number of imidazole rings is 1. The standard InChI is InChI=1S/C21H18Cl2N4O3/c1-12-10-15(8-9-16(12)23)30-20-24-18-17(19(28)26(3)21(29)25(18)2)27(20)11-13-4-6-14(22)7-5-13/h4-10H,11H2,1-3H3. The highest BCUT2D eigenvalue weighted by Crippen LogP contribution is 2.28. The minimum Gasteiger partial charge on any atom is -0.425 e. The summed E-state index contributed by atoms with van der Waals surface area (Å²) in [5.74, 6) is 0.520. The van der Waals surface area contributed by atoms with Crippen molar-refractivity contribution in [1.29, 1.82) is 0 Å². The molecule has 30 heavy (non-hydrogen) atoms. The fourth-order valence-corrected chi connectivity index (χ4v) is 3.45. The van der Waals surface area contributed by atoms with E-state index in [1.165, 1.54) is 11.6 Å². The Morgan fingerprint density at radius 1 is 1.00 bits per heavy atom. The zero-order valence-electron chi connectivity index (χ0n) is 16.5. The van der Waals surface area contributed by atoms with Crippen molar-refractivity contribution in [1.82, 2.24) is 18.7 Å². The maximum Gasteiger partial charge on any atom is 0.332 e. The van der Waals surface area contributed by atoms with Crippen LogP contribution in [0.3, 0.4) is 0 Å². The molecule has 0 aliphatic carbocycles. The first-order valence-electron chi connectivity index (χ1n) is 9.11. The number of ether oxygens (including phenoxy) is 1. The van der Waals surface area contributed by atoms with Crippen molar-refractivity contribution in [2.75, 3.05) is 0 Å². The Morgan fingerprint density at radius 2 is 1.70 bits per heavy atom. The van der Waals surface area contributed by atoms with Gasteiger partial charge in [-0.3, -0.25) is 18.5 Å². The average molecular weight is 445 g/mol. The van der Waals surface area contributed by atoms with Gasteiger partial charge in [-0.1, -0.05) is 35.3 Å². The van der Waals surface area contributed by atoms with Gasteiger partial charge < -0.3 is 4.74 Å². The van der Waals surface area contributed by atoms with E-state index in [-0.39, 0.29) is 17.2 Å². The summed E-state index contributed by atoms with van der Waals surface area (Å²) in [6, 6.07) is 12.7. The van der Waals surface area contributed by atoms with Crippen LogP contribution in [0.5, 0.6) is 11.8 Å². The van der Waals surface area contributed by atoms with Crippen LogP contribution in [0, 0.1) is 6.92 Å². The summed E-state index contributed by atoms with van der Waals surface area (Å²) in [4.78, 5) is 29.8. The molecule has 0 spiro atoms. The molecule has 0 radical (unpaired) electrons. The van der Waals surface area contributed by atoms with Crippen LogP contribution in [0.4, 0.5) is 0 Å². The van der Waals surface area contributed by atoms with E-state index in [2.05, 4.69) is 4.98 Å². The van der Waals surface area contributed by atoms with Gasteiger partial charge in [0.15, 0.2) is 11.2 Å². The maximum atomic E-state index is 12.9. The summed E-state index contributed by atoms with van der Waals surface area (Å²) in [5, 5.41) is 1.23. The summed E-state index contributed by atoms with van der Waals surface area (Å²) in [6.45, 7) is 2.17. The van der Waals surface area contributed by atoms with Crippen LogP contribution in [0.1, 0.15) is 11.1 Å². The van der Waals surface area contributed by atoms with Crippen LogP contribution in [0.15, 0.2) is 52.1 Å². The second-order valence-electron chi connectivity index (χ2n) is 7.00. The van der Waals surface area contributed by atoms with Gasteiger partial charge in [0.05, 0.1) is 6.54 Å². The normalized spacial score (nSPS) is 11.2. The molecule has 154 valence electrons. The Bertz CT molecular complexity index is 1380. The quantitative estimate of drug-likeness (QED) is 0.478. The van der Waals surface area contributed by atoms with Crippen molar-refractivity contribution in [3.05, 3.63) is 84.5 Å². The third-order valence-corrected chi connectivity index (χ3v) is 5.58. The fraction of sp³-hybridized carbons (Fsp3) is 0.190. The summed E-state index contributed by atoms with van der Waals surface area (Å²) in [5.41, 5.74) is 1.35. The summed E-state index contributed by atoms with van der Waals surface area (Å²) < 4.78 is 10.1. The number of rotatable bonds is 4. The molecule has 2 aromatic carbocycles. The molecular formula is C21H18Cl2N4O3. The molecule has 0 aliphatic rings. The number of nitrogens with zero attached hydrogens (tertiary/aromatic N) is 4. The largest absolute Gasteiger partial charge is 0.425 e. The van der Waals surface area contributed by atoms with Crippen molar-refractivity contribution >= 4 is 34.4 Å². The van der Waals surface area contributed by atoms with Gasteiger partial charge in [-0.05, 0) is 48.4 Å². The molecule has 2 aromatic heterocycles. The molecule has 9 heteroatoms. The van der Waals surface area contributed by atoms with Gasteiger partial charge in [-0.25, -0.2) is 4.79 Å². The topological polar surface area (TPSA) is 71.1 Å². The summed E-state index contributed by atoms with van der Waals surface area (Å²) >= 11 is 12.1. The second-order valence-corrected chi connectivity index (χ2v) is 7.84. The molecule has 0 saturated carbocycles. The van der Waals surface area contributed by atoms with E-state index >= 15 is 0 Å². The minimum atomic E-state index is -0.461. The molecule has 0 fully saturated rings. The van der Waals surface area contributed by atoms with Gasteiger partial charge in [-0.15, -0.1) is 0 Å². The van der Waals surface area contributed by atoms with Crippen LogP contribution in [0.25, 0.3) is 11.2 Å². The minimum absolute atomic E-state index is 0.194. The van der Waals surface area contributed by atoms with Crippen molar-refractivity contribution in [2.45, 2.75) is 13.5 Å². The number of aromatic nitrogens is 4. The summed E-state index contributed by atoms with van der Waals surface area (Å²) in [7, 11) is 3.01. The first-order chi connectivity index (χ1) is 14.3. The van der Waals surface area contributed by atoms with Crippen molar-refractivity contribution in [3.8, 4) is 11.8 Å². The fourth-order valence-electron chi connectivity index (χ4n) is 3.21. The number of aryl methyl sites for hydroxylation is 2. The van der Waals surface area contributed by atoms with Gasteiger partial charge in [-0.2, -0.15) is 4.98 Å². The van der Waals surface area contributed by atoms with Crippen molar-refractivity contribution in [2.24, 2.45) is 14.1 Å². The number of halogens is 2. The Kier molecular flexibility index (Phi) is 5.17. The third kappa shape index (κ3) is 3.51.